The van der Waals surface area contributed by atoms with Crippen LogP contribution in [0.1, 0.15) is 27.1 Å². The van der Waals surface area contributed by atoms with Gasteiger partial charge in [0, 0.05) is 23.7 Å². The van der Waals surface area contributed by atoms with Crippen molar-refractivity contribution in [3.8, 4) is 16.9 Å². The molecule has 3 aromatic rings. The molecule has 1 saturated heterocycles. The Balaban J connectivity index is 1.38. The summed E-state index contributed by atoms with van der Waals surface area (Å²) in [7, 11) is 1.55. The fraction of sp³-hybridized carbons (Fsp3) is 0.192. The minimum absolute atomic E-state index is 0.197. The molecule has 0 aromatic heterocycles. The van der Waals surface area contributed by atoms with Crippen LogP contribution in [0.5, 0.6) is 5.75 Å². The number of carbonyl (C=O) groups is 3. The van der Waals surface area contributed by atoms with Crippen molar-refractivity contribution < 1.29 is 23.5 Å². The number of anilines is 1. The Hall–Kier alpha value is -4.20. The summed E-state index contributed by atoms with van der Waals surface area (Å²) in [6.45, 7) is 0.197. The smallest absolute Gasteiger partial charge is 0.256 e. The van der Waals surface area contributed by atoms with Crippen LogP contribution in [0.25, 0.3) is 11.1 Å². The van der Waals surface area contributed by atoms with Crippen LogP contribution in [0.4, 0.5) is 10.1 Å². The first-order chi connectivity index (χ1) is 16.4. The molecule has 2 N–H and O–H groups in total. The van der Waals surface area contributed by atoms with Gasteiger partial charge in [0.05, 0.1) is 18.4 Å². The number of ether oxygens (including phenoxy) is 1. The van der Waals surface area contributed by atoms with E-state index in [1.165, 1.54) is 11.0 Å². The second kappa shape index (κ2) is 8.62. The lowest BCUT2D eigenvalue weighted by atomic mass is 10.0. The minimum atomic E-state index is -0.710. The summed E-state index contributed by atoms with van der Waals surface area (Å²) in [5, 5.41) is 5.73. The number of halogens is 1. The number of amides is 3. The number of benzene rings is 3. The highest BCUT2D eigenvalue weighted by Crippen LogP contribution is 2.33. The van der Waals surface area contributed by atoms with Gasteiger partial charge in [0.1, 0.15) is 17.6 Å². The van der Waals surface area contributed by atoms with Crippen LogP contribution in [-0.2, 0) is 4.79 Å². The van der Waals surface area contributed by atoms with E-state index in [0.29, 0.717) is 40.1 Å². The molecule has 2 atom stereocenters. The molecule has 0 spiro atoms. The Labute approximate surface area is 195 Å². The number of nitrogens with one attached hydrogen (secondary N) is 2. The highest BCUT2D eigenvalue weighted by atomic mass is 19.1. The van der Waals surface area contributed by atoms with Gasteiger partial charge in [-0.1, -0.05) is 24.3 Å². The fourth-order valence-electron chi connectivity index (χ4n) is 4.49. The van der Waals surface area contributed by atoms with Crippen molar-refractivity contribution in [1.82, 2.24) is 10.2 Å². The van der Waals surface area contributed by atoms with Gasteiger partial charge >= 0.3 is 0 Å². The third-order valence-corrected chi connectivity index (χ3v) is 6.24. The Kier molecular flexibility index (Phi) is 5.49. The Morgan fingerprint density at radius 2 is 1.82 bits per heavy atom. The largest absolute Gasteiger partial charge is 0.497 e. The predicted octanol–water partition coefficient (Wildman–Crippen LogP) is 3.47. The van der Waals surface area contributed by atoms with E-state index in [1.54, 1.807) is 67.8 Å². The number of hydrogen-bond acceptors (Lipinski definition) is 4. The zero-order chi connectivity index (χ0) is 23.8. The average molecular weight is 459 g/mol. The first-order valence-electron chi connectivity index (χ1n) is 10.9. The molecular formula is C26H22FN3O4. The monoisotopic (exact) mass is 459 g/mol. The van der Waals surface area contributed by atoms with Gasteiger partial charge in [0.15, 0.2) is 0 Å². The maximum absolute atomic E-state index is 14.3. The van der Waals surface area contributed by atoms with Crippen molar-refractivity contribution in [3.05, 3.63) is 83.7 Å². The standard InChI is InChI=1S/C26H22FN3O4/c1-34-18-9-6-15(7-10-18)24(31)28-17-13-23-25(32)29-22-11-8-16(19-4-2-3-5-21(19)27)12-20(22)26(33)30(23)14-17/h2-12,17,23H,13-14H2,1H3,(H,28,31)(H,29,32)/t17-,23-/m0/s1. The Morgan fingerprint density at radius 1 is 1.06 bits per heavy atom. The van der Waals surface area contributed by atoms with Crippen molar-refractivity contribution in [2.75, 3.05) is 19.0 Å². The Bertz CT molecular complexity index is 1290. The lowest BCUT2D eigenvalue weighted by Crippen LogP contribution is -2.41. The molecule has 2 aliphatic heterocycles. The van der Waals surface area contributed by atoms with E-state index in [-0.39, 0.29) is 30.3 Å². The van der Waals surface area contributed by atoms with E-state index in [2.05, 4.69) is 10.6 Å². The normalized spacial score (nSPS) is 19.1. The van der Waals surface area contributed by atoms with Crippen molar-refractivity contribution >= 4 is 23.4 Å². The second-order valence-corrected chi connectivity index (χ2v) is 8.34. The SMILES string of the molecule is COc1ccc(C(=O)N[C@H]2C[C@H]3C(=O)Nc4ccc(-c5ccccc5F)cc4C(=O)N3C2)cc1. The molecule has 8 heteroatoms. The van der Waals surface area contributed by atoms with E-state index in [4.69, 9.17) is 4.74 Å². The summed E-state index contributed by atoms with van der Waals surface area (Å²) in [5.74, 6) is -0.695. The number of rotatable bonds is 4. The van der Waals surface area contributed by atoms with Crippen molar-refractivity contribution in [2.24, 2.45) is 0 Å². The number of hydrogen-bond donors (Lipinski definition) is 2. The van der Waals surface area contributed by atoms with Crippen LogP contribution < -0.4 is 15.4 Å². The second-order valence-electron chi connectivity index (χ2n) is 8.34. The summed E-state index contributed by atoms with van der Waals surface area (Å²) in [5.41, 5.74) is 2.05. The number of methoxy groups -OCH3 is 1. The molecule has 0 aliphatic carbocycles. The van der Waals surface area contributed by atoms with Crippen molar-refractivity contribution in [2.45, 2.75) is 18.5 Å². The van der Waals surface area contributed by atoms with E-state index < -0.39 is 11.9 Å². The summed E-state index contributed by atoms with van der Waals surface area (Å²) >= 11 is 0. The fourth-order valence-corrected chi connectivity index (χ4v) is 4.49. The van der Waals surface area contributed by atoms with E-state index in [1.807, 2.05) is 0 Å². The maximum atomic E-state index is 14.3. The van der Waals surface area contributed by atoms with Crippen molar-refractivity contribution in [3.63, 3.8) is 0 Å². The quantitative estimate of drug-likeness (QED) is 0.626. The van der Waals surface area contributed by atoms with E-state index >= 15 is 0 Å². The molecule has 7 nitrogen and oxygen atoms in total. The van der Waals surface area contributed by atoms with Crippen molar-refractivity contribution in [1.29, 1.82) is 0 Å². The predicted molar refractivity (Wildman–Crippen MR) is 124 cm³/mol. The molecule has 0 unspecified atom stereocenters. The third-order valence-electron chi connectivity index (χ3n) is 6.24. The highest BCUT2D eigenvalue weighted by molar-refractivity contribution is 6.11. The van der Waals surface area contributed by atoms with Gasteiger partial charge in [-0.05, 0) is 54.4 Å². The van der Waals surface area contributed by atoms with Gasteiger partial charge in [-0.3, -0.25) is 14.4 Å². The lowest BCUT2D eigenvalue weighted by molar-refractivity contribution is -0.119. The van der Waals surface area contributed by atoms with E-state index in [9.17, 15) is 18.8 Å². The summed E-state index contributed by atoms with van der Waals surface area (Å²) < 4.78 is 19.4. The van der Waals surface area contributed by atoms with Crippen LogP contribution in [0.3, 0.4) is 0 Å². The van der Waals surface area contributed by atoms with Crippen LogP contribution >= 0.6 is 0 Å². The molecule has 172 valence electrons. The van der Waals surface area contributed by atoms with Gasteiger partial charge in [0.25, 0.3) is 11.8 Å². The minimum Gasteiger partial charge on any atom is -0.497 e. The molecule has 0 bridgehead atoms. The van der Waals surface area contributed by atoms with Gasteiger partial charge in [-0.2, -0.15) is 0 Å². The first kappa shape index (κ1) is 21.6. The molecular weight excluding hydrogens is 437 g/mol. The molecule has 1 fully saturated rings. The van der Waals surface area contributed by atoms with Gasteiger partial charge in [-0.25, -0.2) is 4.39 Å². The number of nitrogens with zero attached hydrogens (tertiary/aromatic N) is 1. The molecule has 3 aromatic carbocycles. The van der Waals surface area contributed by atoms with Crippen LogP contribution in [0, 0.1) is 5.82 Å². The van der Waals surface area contributed by atoms with Crippen LogP contribution in [0.2, 0.25) is 0 Å². The number of carbonyl (C=O) groups excluding carboxylic acids is 3. The molecule has 2 heterocycles. The Morgan fingerprint density at radius 3 is 2.56 bits per heavy atom. The topological polar surface area (TPSA) is 87.7 Å². The lowest BCUT2D eigenvalue weighted by Gasteiger charge is -2.20. The zero-order valence-electron chi connectivity index (χ0n) is 18.4. The van der Waals surface area contributed by atoms with Crippen LogP contribution in [-0.4, -0.2) is 48.4 Å². The molecule has 5 rings (SSSR count). The summed E-state index contributed by atoms with van der Waals surface area (Å²) in [6, 6.07) is 16.8. The van der Waals surface area contributed by atoms with Crippen LogP contribution in [0.15, 0.2) is 66.7 Å². The summed E-state index contributed by atoms with van der Waals surface area (Å²) in [4.78, 5) is 40.5. The molecule has 0 saturated carbocycles. The average Bonchev–Trinajstić information content (AvgIpc) is 3.24. The maximum Gasteiger partial charge on any atom is 0.256 e. The van der Waals surface area contributed by atoms with E-state index in [0.717, 1.165) is 0 Å². The molecule has 2 aliphatic rings. The highest BCUT2D eigenvalue weighted by Gasteiger charge is 2.43. The first-order valence-corrected chi connectivity index (χ1v) is 10.9. The van der Waals surface area contributed by atoms with Gasteiger partial charge in [0.2, 0.25) is 5.91 Å². The third kappa shape index (κ3) is 3.87. The summed E-state index contributed by atoms with van der Waals surface area (Å²) in [6.07, 6.45) is 0.299. The van der Waals surface area contributed by atoms with Gasteiger partial charge in [-0.15, -0.1) is 0 Å². The van der Waals surface area contributed by atoms with Gasteiger partial charge < -0.3 is 20.3 Å². The zero-order valence-corrected chi connectivity index (χ0v) is 18.4. The molecule has 0 radical (unpaired) electrons. The molecule has 34 heavy (non-hydrogen) atoms. The number of fused-ring (bicyclic) bond motifs is 2. The molecule has 3 amide bonds.